The van der Waals surface area contributed by atoms with E-state index in [0.29, 0.717) is 0 Å². The Labute approximate surface area is 304 Å². The maximum Gasteiger partial charge on any atom is 0.405 e. The Bertz CT molecular complexity index is 1250. The molecule has 0 amide bonds. The quantitative estimate of drug-likeness (QED) is 0.0658. The van der Waals surface area contributed by atoms with Crippen LogP contribution in [-0.2, 0) is 0 Å². The van der Waals surface area contributed by atoms with E-state index in [4.69, 9.17) is 0 Å². The van der Waals surface area contributed by atoms with Crippen LogP contribution in [0.15, 0.2) is 115 Å². The number of nitrogens with zero attached hydrogens (tertiary/aromatic N) is 4. The van der Waals surface area contributed by atoms with E-state index in [2.05, 4.69) is 169 Å². The van der Waals surface area contributed by atoms with Gasteiger partial charge in [-0.2, -0.15) is 18.7 Å². The van der Waals surface area contributed by atoms with Gasteiger partial charge in [-0.1, -0.05) is 126 Å². The van der Waals surface area contributed by atoms with Crippen molar-refractivity contribution < 1.29 is 24.0 Å². The smallest absolute Gasteiger partial charge is 0.405 e. The largest absolute Gasteiger partial charge is 1.00 e. The van der Waals surface area contributed by atoms with Crippen LogP contribution in [0.25, 0.3) is 0 Å². The Morgan fingerprint density at radius 3 is 0.894 bits per heavy atom. The normalized spacial score (nSPS) is 11.1. The van der Waals surface area contributed by atoms with E-state index in [1.807, 2.05) is 0 Å². The first kappa shape index (κ1) is 38.7. The summed E-state index contributed by atoms with van der Waals surface area (Å²) in [4.78, 5) is 0. The molecule has 0 bridgehead atoms. The number of unbranched alkanes of at least 4 members (excludes halogenated alkanes) is 4. The lowest BCUT2D eigenvalue weighted by Gasteiger charge is -2.53. The molecule has 0 spiro atoms. The number of hydrogen-bond acceptors (Lipinski definition) is 4. The molecular weight excluding hydrogens is 706 g/mol. The fourth-order valence-electron chi connectivity index (χ4n) is 6.20. The predicted molar refractivity (Wildman–Crippen MR) is 206 cm³/mol. The zero-order valence-corrected chi connectivity index (χ0v) is 32.6. The number of anilines is 4. The van der Waals surface area contributed by atoms with Crippen LogP contribution in [0.3, 0.4) is 0 Å². The number of para-hydroxylation sites is 3. The monoisotopic (exact) mass is 764 g/mol. The predicted octanol–water partition coefficient (Wildman–Crippen LogP) is 9.20. The molecule has 4 aromatic rings. The lowest BCUT2D eigenvalue weighted by molar-refractivity contribution is -0.00000955. The maximum atomic E-state index is 2.86. The summed E-state index contributed by atoms with van der Waals surface area (Å²) >= 11 is 0. The summed E-state index contributed by atoms with van der Waals surface area (Å²) in [6.45, 7) is 15.4. The van der Waals surface area contributed by atoms with Gasteiger partial charge in [-0.05, 0) is 81.1 Å². The van der Waals surface area contributed by atoms with E-state index in [-0.39, 0.29) is 24.0 Å². The van der Waals surface area contributed by atoms with Crippen LogP contribution in [0, 0.1) is 6.92 Å². The van der Waals surface area contributed by atoms with Crippen LogP contribution in [0.5, 0.6) is 0 Å². The van der Waals surface area contributed by atoms with Gasteiger partial charge in [0.15, 0.2) is 0 Å². The van der Waals surface area contributed by atoms with E-state index in [9.17, 15) is 0 Å². The topological polar surface area (TPSA) is 13.0 Å². The Kier molecular flexibility index (Phi) is 16.9. The molecule has 0 unspecified atom stereocenters. The van der Waals surface area contributed by atoms with Crippen LogP contribution in [0.2, 0.25) is 0 Å². The zero-order valence-electron chi connectivity index (χ0n) is 29.6. The molecule has 0 fully saturated rings. The van der Waals surface area contributed by atoms with Crippen molar-refractivity contribution >= 4 is 30.6 Å². The Morgan fingerprint density at radius 2 is 0.638 bits per heavy atom. The molecule has 0 saturated carbocycles. The van der Waals surface area contributed by atoms with Crippen LogP contribution >= 0.6 is 7.87 Å². The highest BCUT2D eigenvalue weighted by Gasteiger charge is 2.63. The number of benzene rings is 4. The SMILES string of the molecule is CCCCN(c1ccccc1)[P+](N(CCCC)c1ccccc1)(N(CCCC)c1ccccc1)N(CCCC)c1ccc(C)cc1.[I-]. The standard InChI is InChI=1S/C41H58N4P.HI/c1-6-10-33-42(38-23-17-14-18-24-38)46(43(34-11-7-2)39-25-19-15-20-26-39,44(35-12-8-3)40-27-21-16-22-28-40)45(36-13-9-4)41-31-29-37(5)30-32-41;/h14-32H,6-13,33-36H2,1-5H3;1H/q+1;/p-1. The molecule has 4 aromatic carbocycles. The fourth-order valence-corrected chi connectivity index (χ4v) is 11.2. The van der Waals surface area contributed by atoms with E-state index < -0.39 is 7.87 Å². The third-order valence-corrected chi connectivity index (χ3v) is 13.0. The van der Waals surface area contributed by atoms with Crippen molar-refractivity contribution in [2.24, 2.45) is 0 Å². The maximum absolute atomic E-state index is 2.86. The van der Waals surface area contributed by atoms with Crippen molar-refractivity contribution in [1.82, 2.24) is 0 Å². The average molecular weight is 765 g/mol. The van der Waals surface area contributed by atoms with Crippen LogP contribution < -0.4 is 42.7 Å². The molecule has 4 nitrogen and oxygen atoms in total. The Hall–Kier alpha value is -2.76. The number of rotatable bonds is 20. The van der Waals surface area contributed by atoms with Gasteiger partial charge in [0.05, 0.1) is 48.9 Å². The summed E-state index contributed by atoms with van der Waals surface area (Å²) in [5.41, 5.74) is 6.50. The van der Waals surface area contributed by atoms with Gasteiger partial charge in [0.2, 0.25) is 0 Å². The molecule has 6 heteroatoms. The highest BCUT2D eigenvalue weighted by Crippen LogP contribution is 2.73. The molecule has 0 atom stereocenters. The molecule has 4 rings (SSSR count). The van der Waals surface area contributed by atoms with Gasteiger partial charge in [-0.3, -0.25) is 0 Å². The lowest BCUT2D eigenvalue weighted by Crippen LogP contribution is -3.00. The third kappa shape index (κ3) is 9.66. The van der Waals surface area contributed by atoms with Gasteiger partial charge < -0.3 is 24.0 Å². The van der Waals surface area contributed by atoms with Crippen molar-refractivity contribution in [3.8, 4) is 0 Å². The second-order valence-electron chi connectivity index (χ2n) is 12.3. The highest BCUT2D eigenvalue weighted by atomic mass is 127. The third-order valence-electron chi connectivity index (χ3n) is 8.68. The summed E-state index contributed by atoms with van der Waals surface area (Å²) in [7, 11) is -2.62. The molecule has 0 heterocycles. The summed E-state index contributed by atoms with van der Waals surface area (Å²) in [5.74, 6) is 0. The van der Waals surface area contributed by atoms with Crippen LogP contribution in [0.4, 0.5) is 22.7 Å². The van der Waals surface area contributed by atoms with E-state index in [1.54, 1.807) is 0 Å². The van der Waals surface area contributed by atoms with Crippen molar-refractivity contribution in [2.75, 3.05) is 44.9 Å². The Balaban J connectivity index is 0.00000600. The van der Waals surface area contributed by atoms with Crippen molar-refractivity contribution in [1.29, 1.82) is 0 Å². The van der Waals surface area contributed by atoms with E-state index >= 15 is 0 Å². The molecule has 0 aromatic heterocycles. The van der Waals surface area contributed by atoms with Gasteiger partial charge >= 0.3 is 7.87 Å². The molecule has 47 heavy (non-hydrogen) atoms. The minimum atomic E-state index is -2.62. The van der Waals surface area contributed by atoms with Crippen LogP contribution in [-0.4, -0.2) is 26.2 Å². The average Bonchev–Trinajstić information content (AvgIpc) is 3.10. The minimum absolute atomic E-state index is 0. The number of halogens is 1. The molecule has 0 aliphatic carbocycles. The highest BCUT2D eigenvalue weighted by molar-refractivity contribution is 7.81. The first-order valence-corrected chi connectivity index (χ1v) is 19.4. The van der Waals surface area contributed by atoms with E-state index in [0.717, 1.165) is 77.5 Å². The first-order chi connectivity index (χ1) is 22.6. The minimum Gasteiger partial charge on any atom is -1.00 e. The molecule has 0 N–H and O–H groups in total. The molecule has 0 aliphatic rings. The molecule has 0 aliphatic heterocycles. The lowest BCUT2D eigenvalue weighted by atomic mass is 10.2. The van der Waals surface area contributed by atoms with Gasteiger partial charge in [-0.25, -0.2) is 0 Å². The van der Waals surface area contributed by atoms with Gasteiger partial charge in [0.25, 0.3) is 0 Å². The van der Waals surface area contributed by atoms with E-state index in [1.165, 1.54) is 28.3 Å². The van der Waals surface area contributed by atoms with Crippen molar-refractivity contribution in [2.45, 2.75) is 86.0 Å². The van der Waals surface area contributed by atoms with Crippen molar-refractivity contribution in [3.05, 3.63) is 121 Å². The summed E-state index contributed by atoms with van der Waals surface area (Å²) in [6, 6.07) is 43.3. The molecule has 0 saturated heterocycles. The fraction of sp³-hybridized carbons (Fsp3) is 0.415. The zero-order chi connectivity index (χ0) is 32.6. The van der Waals surface area contributed by atoms with Crippen LogP contribution in [0.1, 0.15) is 84.6 Å². The molecule has 0 radical (unpaired) electrons. The summed E-state index contributed by atoms with van der Waals surface area (Å²) in [5, 5.41) is 0. The summed E-state index contributed by atoms with van der Waals surface area (Å²) in [6.07, 6.45) is 9.06. The first-order valence-electron chi connectivity index (χ1n) is 17.8. The number of aryl methyl sites for hydroxylation is 1. The second-order valence-corrected chi connectivity index (χ2v) is 15.3. The molecule has 254 valence electrons. The van der Waals surface area contributed by atoms with Gasteiger partial charge in [0.1, 0.15) is 0 Å². The Morgan fingerprint density at radius 1 is 0.383 bits per heavy atom. The molecular formula is C41H58IN4P. The van der Waals surface area contributed by atoms with Gasteiger partial charge in [-0.15, -0.1) is 0 Å². The number of hydrogen-bond donors (Lipinski definition) is 0. The second kappa shape index (κ2) is 20.6. The van der Waals surface area contributed by atoms with Crippen molar-refractivity contribution in [3.63, 3.8) is 0 Å². The summed E-state index contributed by atoms with van der Waals surface area (Å²) < 4.78 is 11.4. The van der Waals surface area contributed by atoms with Gasteiger partial charge in [0, 0.05) is 0 Å².